The molecule has 2 saturated heterocycles. The Hall–Kier alpha value is -2.27. The zero-order valence-corrected chi connectivity index (χ0v) is 19.2. The number of carbonyl (C=O) groups is 1. The fraction of sp³-hybridized carbons (Fsp3) is 0.435. The smallest absolute Gasteiger partial charge is 0.312 e. The van der Waals surface area contributed by atoms with Crippen LogP contribution in [-0.4, -0.2) is 51.5 Å². The number of hydrogen-bond donors (Lipinski definition) is 2. The minimum Gasteiger partial charge on any atom is -0.312 e. The standard InChI is InChI=1S/C23H28F3N3O3S/c1-33(31,32,21-5-2-4-18(14-21)23(24,25)26)27-19-11-13-28(16-19)15-17-7-9-20(10-8-17)29-12-3-6-22(29)30/h2,4-5,7-10,14,19H,3,6,11-13,15-16H2,1H3,(H2,27,31,32)/t19-/m1/s1. The first kappa shape index (κ1) is 23.9. The van der Waals surface area contributed by atoms with Crippen LogP contribution < -0.4 is 9.62 Å². The Labute approximate surface area is 191 Å². The quantitative estimate of drug-likeness (QED) is 0.654. The average Bonchev–Trinajstić information content (AvgIpc) is 3.36. The van der Waals surface area contributed by atoms with E-state index in [9.17, 15) is 26.7 Å². The zero-order chi connectivity index (χ0) is 23.9. The van der Waals surface area contributed by atoms with Crippen molar-refractivity contribution in [1.82, 2.24) is 9.62 Å². The minimum absolute atomic E-state index is 0.138. The Bertz CT molecular complexity index is 1100. The van der Waals surface area contributed by atoms with Crippen molar-refractivity contribution in [1.29, 1.82) is 0 Å². The highest BCUT2D eigenvalue weighted by molar-refractivity contribution is 8.12. The monoisotopic (exact) mass is 483 g/mol. The van der Waals surface area contributed by atoms with Crippen molar-refractivity contribution in [2.45, 2.75) is 42.9 Å². The second kappa shape index (κ2) is 8.50. The number of rotatable bonds is 6. The van der Waals surface area contributed by atoms with Crippen LogP contribution in [0.1, 0.15) is 30.4 Å². The SMILES string of the molecule is CS(=O)(O)(N[C@@H]1CCN(Cc2ccc(N3CCCC3=O)cc2)C1)c1cccc(C(F)(F)F)c1. The van der Waals surface area contributed by atoms with Crippen LogP contribution in [0.5, 0.6) is 0 Å². The number of anilines is 1. The number of nitrogens with one attached hydrogen (secondary N) is 1. The molecule has 2 heterocycles. The van der Waals surface area contributed by atoms with Crippen LogP contribution in [0.15, 0.2) is 53.4 Å². The van der Waals surface area contributed by atoms with Gasteiger partial charge in [-0.25, -0.2) is 4.72 Å². The van der Waals surface area contributed by atoms with Crippen molar-refractivity contribution in [3.63, 3.8) is 0 Å². The second-order valence-corrected chi connectivity index (χ2v) is 12.2. The Morgan fingerprint density at radius 2 is 1.88 bits per heavy atom. The van der Waals surface area contributed by atoms with Gasteiger partial charge < -0.3 is 4.90 Å². The molecule has 2 fully saturated rings. The van der Waals surface area contributed by atoms with Crippen LogP contribution >= 0.6 is 0 Å². The van der Waals surface area contributed by atoms with Gasteiger partial charge in [-0.1, -0.05) is 18.2 Å². The summed E-state index contributed by atoms with van der Waals surface area (Å²) < 4.78 is 66.1. The molecule has 0 unspecified atom stereocenters. The van der Waals surface area contributed by atoms with Crippen molar-refractivity contribution < 1.29 is 26.7 Å². The van der Waals surface area contributed by atoms with Gasteiger partial charge in [-0.2, -0.15) is 17.4 Å². The van der Waals surface area contributed by atoms with Crippen molar-refractivity contribution in [2.75, 3.05) is 30.8 Å². The van der Waals surface area contributed by atoms with Gasteiger partial charge >= 0.3 is 6.18 Å². The van der Waals surface area contributed by atoms with Gasteiger partial charge in [0, 0.05) is 50.6 Å². The summed E-state index contributed by atoms with van der Waals surface area (Å²) in [5.41, 5.74) is 0.989. The molecule has 1 amide bonds. The van der Waals surface area contributed by atoms with Gasteiger partial charge in [0.15, 0.2) is 0 Å². The van der Waals surface area contributed by atoms with Gasteiger partial charge in [0.05, 0.1) is 10.5 Å². The molecule has 0 radical (unpaired) electrons. The first-order valence-corrected chi connectivity index (χ1v) is 13.2. The molecule has 1 atom stereocenters. The predicted octanol–water partition coefficient (Wildman–Crippen LogP) is 3.89. The maximum absolute atomic E-state index is 13.3. The number of benzene rings is 2. The molecule has 0 bridgehead atoms. The van der Waals surface area contributed by atoms with E-state index in [1.54, 1.807) is 4.90 Å². The molecular formula is C23H28F3N3O3S. The number of halogens is 3. The van der Waals surface area contributed by atoms with E-state index in [4.69, 9.17) is 0 Å². The topological polar surface area (TPSA) is 72.9 Å². The van der Waals surface area contributed by atoms with E-state index in [1.807, 2.05) is 24.3 Å². The molecular weight excluding hydrogens is 455 g/mol. The van der Waals surface area contributed by atoms with E-state index in [2.05, 4.69) is 9.62 Å². The lowest BCUT2D eigenvalue weighted by Crippen LogP contribution is -2.52. The summed E-state index contributed by atoms with van der Waals surface area (Å²) in [7, 11) is -4.67. The number of likely N-dealkylation sites (tertiary alicyclic amines) is 1. The van der Waals surface area contributed by atoms with E-state index < -0.39 is 21.3 Å². The lowest BCUT2D eigenvalue weighted by Gasteiger charge is -2.42. The molecule has 2 aromatic carbocycles. The first-order valence-electron chi connectivity index (χ1n) is 10.9. The van der Waals surface area contributed by atoms with E-state index in [0.29, 0.717) is 32.5 Å². The molecule has 0 aromatic heterocycles. The summed E-state index contributed by atoms with van der Waals surface area (Å²) in [6, 6.07) is 11.5. The Morgan fingerprint density at radius 1 is 1.15 bits per heavy atom. The molecule has 2 aliphatic rings. The molecule has 4 rings (SSSR count). The van der Waals surface area contributed by atoms with E-state index >= 15 is 0 Å². The van der Waals surface area contributed by atoms with Crippen LogP contribution in [0.4, 0.5) is 18.9 Å². The van der Waals surface area contributed by atoms with Gasteiger partial charge in [0.1, 0.15) is 0 Å². The fourth-order valence-electron chi connectivity index (χ4n) is 4.47. The molecule has 6 nitrogen and oxygen atoms in total. The van der Waals surface area contributed by atoms with Gasteiger partial charge in [0.2, 0.25) is 5.91 Å². The van der Waals surface area contributed by atoms with Crippen LogP contribution in [0.25, 0.3) is 0 Å². The molecule has 33 heavy (non-hydrogen) atoms. The Morgan fingerprint density at radius 3 is 2.52 bits per heavy atom. The van der Waals surface area contributed by atoms with Crippen molar-refractivity contribution in [3.05, 3.63) is 59.7 Å². The van der Waals surface area contributed by atoms with Crippen LogP contribution in [0, 0.1) is 0 Å². The van der Waals surface area contributed by atoms with Crippen LogP contribution in [0.3, 0.4) is 0 Å². The van der Waals surface area contributed by atoms with Crippen molar-refractivity contribution in [3.8, 4) is 0 Å². The van der Waals surface area contributed by atoms with Crippen molar-refractivity contribution in [2.24, 2.45) is 0 Å². The highest BCUT2D eigenvalue weighted by Gasteiger charge is 2.35. The summed E-state index contributed by atoms with van der Waals surface area (Å²) >= 11 is 0. The molecule has 0 saturated carbocycles. The molecule has 2 N–H and O–H groups in total. The Kier molecular flexibility index (Phi) is 6.15. The third kappa shape index (κ3) is 5.46. The summed E-state index contributed by atoms with van der Waals surface area (Å²) in [6.07, 6.45) is -1.48. The molecule has 2 aromatic rings. The van der Waals surface area contributed by atoms with E-state index in [-0.39, 0.29) is 16.8 Å². The number of nitrogens with zero attached hydrogens (tertiary/aromatic N) is 2. The van der Waals surface area contributed by atoms with Crippen LogP contribution in [-0.2, 0) is 27.0 Å². The summed E-state index contributed by atoms with van der Waals surface area (Å²) in [5, 5.41) is 0. The maximum Gasteiger partial charge on any atom is 0.416 e. The summed E-state index contributed by atoms with van der Waals surface area (Å²) in [4.78, 5) is 15.5. The first-order chi connectivity index (χ1) is 15.4. The summed E-state index contributed by atoms with van der Waals surface area (Å²) in [5.74, 6) is 0.138. The summed E-state index contributed by atoms with van der Waals surface area (Å²) in [6.45, 7) is 2.56. The highest BCUT2D eigenvalue weighted by atomic mass is 32.3. The molecule has 2 aliphatic heterocycles. The zero-order valence-electron chi connectivity index (χ0n) is 18.3. The van der Waals surface area contributed by atoms with Crippen LogP contribution in [0.2, 0.25) is 0 Å². The van der Waals surface area contributed by atoms with E-state index in [1.165, 1.54) is 6.07 Å². The fourth-order valence-corrected chi connectivity index (χ4v) is 6.38. The third-order valence-corrected chi connectivity index (χ3v) is 8.41. The Balaban J connectivity index is 1.39. The average molecular weight is 484 g/mol. The molecule has 10 heteroatoms. The number of hydrogen-bond acceptors (Lipinski definition) is 3. The predicted molar refractivity (Wildman–Crippen MR) is 121 cm³/mol. The van der Waals surface area contributed by atoms with Crippen molar-refractivity contribution >= 4 is 21.1 Å². The highest BCUT2D eigenvalue weighted by Crippen LogP contribution is 2.35. The molecule has 0 spiro atoms. The number of alkyl halides is 3. The van der Waals surface area contributed by atoms with Gasteiger partial charge in [-0.05, 0) is 48.7 Å². The lowest BCUT2D eigenvalue weighted by atomic mass is 10.2. The van der Waals surface area contributed by atoms with Gasteiger partial charge in [0.25, 0.3) is 0 Å². The van der Waals surface area contributed by atoms with Gasteiger partial charge in [-0.15, -0.1) is 9.53 Å². The largest absolute Gasteiger partial charge is 0.416 e. The third-order valence-electron chi connectivity index (χ3n) is 6.16. The number of amides is 1. The lowest BCUT2D eigenvalue weighted by molar-refractivity contribution is -0.137. The molecule has 0 aliphatic carbocycles. The maximum atomic E-state index is 13.3. The molecule has 180 valence electrons. The minimum atomic E-state index is -4.67. The van der Waals surface area contributed by atoms with E-state index in [0.717, 1.165) is 48.7 Å². The normalized spacial score (nSPS) is 21.4. The number of carbonyl (C=O) groups excluding carboxylic acids is 1. The van der Waals surface area contributed by atoms with Gasteiger partial charge in [-0.3, -0.25) is 14.2 Å². The second-order valence-electron chi connectivity index (χ2n) is 8.96.